The van der Waals surface area contributed by atoms with E-state index in [4.69, 9.17) is 0 Å². The molecule has 0 amide bonds. The summed E-state index contributed by atoms with van der Waals surface area (Å²) in [6.07, 6.45) is 0. The lowest BCUT2D eigenvalue weighted by molar-refractivity contribution is 0.480. The summed E-state index contributed by atoms with van der Waals surface area (Å²) >= 11 is 0. The Balaban J connectivity index is 2.99. The van der Waals surface area contributed by atoms with E-state index in [0.29, 0.717) is 0 Å². The van der Waals surface area contributed by atoms with Gasteiger partial charge in [-0.1, -0.05) is 0 Å². The van der Waals surface area contributed by atoms with Gasteiger partial charge < -0.3 is 4.42 Å². The van der Waals surface area contributed by atoms with E-state index < -0.39 is 17.4 Å². The Morgan fingerprint density at radius 3 is 2.83 bits per heavy atom. The van der Waals surface area contributed by atoms with Crippen LogP contribution in [0, 0.1) is 11.6 Å². The van der Waals surface area contributed by atoms with Crippen molar-refractivity contribution in [1.29, 1.82) is 0 Å². The predicted octanol–water partition coefficient (Wildman–Crippen LogP) is 1.40. The summed E-state index contributed by atoms with van der Waals surface area (Å²) in [5.74, 6) is -2.98. The van der Waals surface area contributed by atoms with Crippen LogP contribution in [0.2, 0.25) is 0 Å². The van der Waals surface area contributed by atoms with Gasteiger partial charge in [-0.25, -0.2) is 9.18 Å². The number of benzene rings is 1. The molecule has 0 fully saturated rings. The van der Waals surface area contributed by atoms with E-state index in [9.17, 15) is 13.6 Å². The predicted molar refractivity (Wildman–Crippen MR) is 36.8 cm³/mol. The van der Waals surface area contributed by atoms with Crippen molar-refractivity contribution in [3.63, 3.8) is 0 Å². The Hall–Kier alpha value is -1.65. The average molecular weight is 171 g/mol. The summed E-state index contributed by atoms with van der Waals surface area (Å²) in [6.45, 7) is 0. The Morgan fingerprint density at radius 1 is 1.33 bits per heavy atom. The van der Waals surface area contributed by atoms with Crippen LogP contribution in [0.25, 0.3) is 11.1 Å². The fourth-order valence-electron chi connectivity index (χ4n) is 0.958. The molecule has 0 atom stereocenters. The first-order valence-corrected chi connectivity index (χ1v) is 3.15. The highest BCUT2D eigenvalue weighted by atomic mass is 19.2. The molecule has 2 rings (SSSR count). The lowest BCUT2D eigenvalue weighted by atomic mass is 10.3. The molecule has 12 heavy (non-hydrogen) atoms. The van der Waals surface area contributed by atoms with Crippen molar-refractivity contribution in [3.8, 4) is 0 Å². The van der Waals surface area contributed by atoms with Crippen molar-refractivity contribution in [2.75, 3.05) is 0 Å². The number of halogens is 2. The number of oxazole rings is 1. The van der Waals surface area contributed by atoms with Gasteiger partial charge in [0, 0.05) is 0 Å². The molecule has 0 aliphatic heterocycles. The third-order valence-electron chi connectivity index (χ3n) is 1.48. The van der Waals surface area contributed by atoms with E-state index in [-0.39, 0.29) is 11.1 Å². The number of aromatic nitrogens is 1. The quantitative estimate of drug-likeness (QED) is 0.651. The third-order valence-corrected chi connectivity index (χ3v) is 1.48. The van der Waals surface area contributed by atoms with Crippen molar-refractivity contribution < 1.29 is 13.2 Å². The van der Waals surface area contributed by atoms with Crippen LogP contribution in [0.1, 0.15) is 0 Å². The second kappa shape index (κ2) is 2.17. The first-order valence-electron chi connectivity index (χ1n) is 3.15. The minimum Gasteiger partial charge on any atom is -0.405 e. The van der Waals surface area contributed by atoms with E-state index in [1.54, 1.807) is 0 Å². The number of rotatable bonds is 0. The third kappa shape index (κ3) is 0.827. The topological polar surface area (TPSA) is 46.0 Å². The standard InChI is InChI=1S/C7H3F2NO2/c8-3-1-2-4-6(5(3)9)12-7(11)10-4/h1-2H,(H,10,11). The largest absolute Gasteiger partial charge is 0.417 e. The van der Waals surface area contributed by atoms with Gasteiger partial charge in [-0.3, -0.25) is 4.98 Å². The lowest BCUT2D eigenvalue weighted by Crippen LogP contribution is -1.92. The smallest absolute Gasteiger partial charge is 0.405 e. The monoisotopic (exact) mass is 171 g/mol. The molecule has 0 saturated heterocycles. The molecule has 3 nitrogen and oxygen atoms in total. The molecule has 0 aliphatic rings. The zero-order valence-electron chi connectivity index (χ0n) is 5.73. The number of H-pyrrole nitrogens is 1. The summed E-state index contributed by atoms with van der Waals surface area (Å²) in [5.41, 5.74) is -0.223. The van der Waals surface area contributed by atoms with Crippen molar-refractivity contribution in [2.24, 2.45) is 0 Å². The van der Waals surface area contributed by atoms with Gasteiger partial charge in [0.15, 0.2) is 11.4 Å². The number of fused-ring (bicyclic) bond motifs is 1. The van der Waals surface area contributed by atoms with Crippen molar-refractivity contribution in [3.05, 3.63) is 34.3 Å². The Bertz CT molecular complexity index is 486. The minimum absolute atomic E-state index is 0.152. The first-order chi connectivity index (χ1) is 5.68. The molecule has 1 aromatic carbocycles. The van der Waals surface area contributed by atoms with Crippen LogP contribution in [-0.4, -0.2) is 4.98 Å². The zero-order valence-corrected chi connectivity index (χ0v) is 5.73. The summed E-state index contributed by atoms with van der Waals surface area (Å²) in [6, 6.07) is 2.15. The van der Waals surface area contributed by atoms with Gasteiger partial charge in [0.1, 0.15) is 0 Å². The van der Waals surface area contributed by atoms with E-state index in [2.05, 4.69) is 9.40 Å². The van der Waals surface area contributed by atoms with Crippen molar-refractivity contribution >= 4 is 11.1 Å². The maximum absolute atomic E-state index is 12.8. The molecule has 0 aliphatic carbocycles. The highest BCUT2D eigenvalue weighted by Crippen LogP contribution is 2.16. The summed E-state index contributed by atoms with van der Waals surface area (Å²) < 4.78 is 29.6. The molecular formula is C7H3F2NO2. The highest BCUT2D eigenvalue weighted by Gasteiger charge is 2.10. The van der Waals surface area contributed by atoms with Crippen LogP contribution in [0.4, 0.5) is 8.78 Å². The Labute approximate surface area is 64.6 Å². The van der Waals surface area contributed by atoms with Gasteiger partial charge in [-0.05, 0) is 12.1 Å². The van der Waals surface area contributed by atoms with Crippen LogP contribution in [0.5, 0.6) is 0 Å². The van der Waals surface area contributed by atoms with Gasteiger partial charge in [-0.2, -0.15) is 4.39 Å². The molecule has 0 unspecified atom stereocenters. The van der Waals surface area contributed by atoms with Crippen LogP contribution in [0.3, 0.4) is 0 Å². The van der Waals surface area contributed by atoms with E-state index in [0.717, 1.165) is 6.07 Å². The van der Waals surface area contributed by atoms with Gasteiger partial charge in [-0.15, -0.1) is 0 Å². The summed E-state index contributed by atoms with van der Waals surface area (Å²) in [5, 5.41) is 0. The van der Waals surface area contributed by atoms with E-state index >= 15 is 0 Å². The number of hydrogen-bond acceptors (Lipinski definition) is 2. The van der Waals surface area contributed by atoms with Gasteiger partial charge in [0.2, 0.25) is 5.82 Å². The average Bonchev–Trinajstić information content (AvgIpc) is 2.39. The first kappa shape index (κ1) is 7.02. The van der Waals surface area contributed by atoms with Gasteiger partial charge >= 0.3 is 5.76 Å². The van der Waals surface area contributed by atoms with Crippen LogP contribution in [-0.2, 0) is 0 Å². The molecule has 0 radical (unpaired) electrons. The molecule has 2 aromatic rings. The van der Waals surface area contributed by atoms with Crippen molar-refractivity contribution in [2.45, 2.75) is 0 Å². The van der Waals surface area contributed by atoms with Crippen molar-refractivity contribution in [1.82, 2.24) is 4.98 Å². The highest BCUT2D eigenvalue weighted by molar-refractivity contribution is 5.72. The fourth-order valence-corrected chi connectivity index (χ4v) is 0.958. The number of aromatic amines is 1. The molecular weight excluding hydrogens is 168 g/mol. The second-order valence-electron chi connectivity index (χ2n) is 2.25. The molecule has 62 valence electrons. The maximum atomic E-state index is 12.8. The van der Waals surface area contributed by atoms with E-state index in [1.807, 2.05) is 0 Å². The Kier molecular flexibility index (Phi) is 1.27. The summed E-state index contributed by atoms with van der Waals surface area (Å²) in [7, 11) is 0. The normalized spacial score (nSPS) is 10.8. The van der Waals surface area contributed by atoms with Crippen LogP contribution >= 0.6 is 0 Å². The SMILES string of the molecule is O=c1[nH]c2ccc(F)c(F)c2o1. The van der Waals surface area contributed by atoms with Crippen LogP contribution in [0.15, 0.2) is 21.3 Å². The second-order valence-corrected chi connectivity index (χ2v) is 2.25. The minimum atomic E-state index is -1.15. The number of nitrogens with one attached hydrogen (secondary N) is 1. The Morgan fingerprint density at radius 2 is 2.08 bits per heavy atom. The molecule has 0 bridgehead atoms. The zero-order chi connectivity index (χ0) is 8.72. The van der Waals surface area contributed by atoms with Crippen LogP contribution < -0.4 is 5.76 Å². The number of hydrogen-bond donors (Lipinski definition) is 1. The van der Waals surface area contributed by atoms with Gasteiger partial charge in [0.25, 0.3) is 0 Å². The molecule has 1 heterocycles. The maximum Gasteiger partial charge on any atom is 0.417 e. The fraction of sp³-hybridized carbons (Fsp3) is 0. The summed E-state index contributed by atoms with van der Waals surface area (Å²) in [4.78, 5) is 12.7. The molecule has 1 aromatic heterocycles. The lowest BCUT2D eigenvalue weighted by Gasteiger charge is -1.90. The molecule has 1 N–H and O–H groups in total. The molecule has 0 saturated carbocycles. The molecule has 5 heteroatoms. The van der Waals surface area contributed by atoms with E-state index in [1.165, 1.54) is 6.07 Å². The molecule has 0 spiro atoms. The van der Waals surface area contributed by atoms with Gasteiger partial charge in [0.05, 0.1) is 5.52 Å².